The third kappa shape index (κ3) is 3.64. The van der Waals surface area contributed by atoms with Crippen molar-refractivity contribution in [3.63, 3.8) is 0 Å². The van der Waals surface area contributed by atoms with Crippen LogP contribution in [0, 0.1) is 0 Å². The molecule has 1 heterocycles. The Kier molecular flexibility index (Phi) is 4.90. The number of rotatable bonds is 4. The molecule has 14 heavy (non-hydrogen) atoms. The molecule has 0 aromatic carbocycles. The first-order chi connectivity index (χ1) is 6.74. The fourth-order valence-corrected chi connectivity index (χ4v) is 1.74. The van der Waals surface area contributed by atoms with Gasteiger partial charge in [0.25, 0.3) is 0 Å². The molecular formula is C10H20N2O2. The Morgan fingerprint density at radius 2 is 2.36 bits per heavy atom. The van der Waals surface area contributed by atoms with Crippen molar-refractivity contribution >= 4 is 5.91 Å². The van der Waals surface area contributed by atoms with Gasteiger partial charge in [-0.1, -0.05) is 0 Å². The van der Waals surface area contributed by atoms with Gasteiger partial charge in [0, 0.05) is 19.7 Å². The van der Waals surface area contributed by atoms with Crippen LogP contribution < -0.4 is 10.6 Å². The van der Waals surface area contributed by atoms with Crippen LogP contribution in [0.2, 0.25) is 0 Å². The van der Waals surface area contributed by atoms with Crippen LogP contribution in [0.15, 0.2) is 0 Å². The molecule has 1 aliphatic rings. The van der Waals surface area contributed by atoms with E-state index in [1.807, 2.05) is 0 Å². The SMILES string of the molecule is COCCNC(=O)C1CCCC(C)N1. The smallest absolute Gasteiger partial charge is 0.237 e. The van der Waals surface area contributed by atoms with Crippen molar-refractivity contribution in [1.82, 2.24) is 10.6 Å². The number of piperidine rings is 1. The van der Waals surface area contributed by atoms with Gasteiger partial charge in [0.15, 0.2) is 0 Å². The van der Waals surface area contributed by atoms with Crippen LogP contribution in [0.3, 0.4) is 0 Å². The lowest BCUT2D eigenvalue weighted by Crippen LogP contribution is -2.50. The number of amides is 1. The summed E-state index contributed by atoms with van der Waals surface area (Å²) in [5, 5.41) is 6.14. The average Bonchev–Trinajstić information content (AvgIpc) is 2.18. The molecule has 0 bridgehead atoms. The fraction of sp³-hybridized carbons (Fsp3) is 0.900. The summed E-state index contributed by atoms with van der Waals surface area (Å²) in [5.74, 6) is 0.105. The van der Waals surface area contributed by atoms with Crippen LogP contribution in [0.5, 0.6) is 0 Å². The van der Waals surface area contributed by atoms with E-state index in [1.54, 1.807) is 7.11 Å². The average molecular weight is 200 g/mol. The standard InChI is InChI=1S/C10H20N2O2/c1-8-4-3-5-9(12-8)10(13)11-6-7-14-2/h8-9,12H,3-7H2,1-2H3,(H,11,13). The summed E-state index contributed by atoms with van der Waals surface area (Å²) < 4.78 is 4.87. The molecule has 0 aliphatic carbocycles. The van der Waals surface area contributed by atoms with E-state index in [2.05, 4.69) is 17.6 Å². The van der Waals surface area contributed by atoms with E-state index < -0.39 is 0 Å². The predicted octanol–water partition coefficient (Wildman–Crippen LogP) is 0.280. The summed E-state index contributed by atoms with van der Waals surface area (Å²) in [5.41, 5.74) is 0. The second-order valence-electron chi connectivity index (χ2n) is 3.84. The number of hydrogen-bond acceptors (Lipinski definition) is 3. The second-order valence-corrected chi connectivity index (χ2v) is 3.84. The van der Waals surface area contributed by atoms with Crippen molar-refractivity contribution in [3.05, 3.63) is 0 Å². The quantitative estimate of drug-likeness (QED) is 0.641. The van der Waals surface area contributed by atoms with E-state index >= 15 is 0 Å². The highest BCUT2D eigenvalue weighted by Crippen LogP contribution is 2.11. The van der Waals surface area contributed by atoms with Crippen molar-refractivity contribution in [2.75, 3.05) is 20.3 Å². The van der Waals surface area contributed by atoms with Crippen molar-refractivity contribution in [2.45, 2.75) is 38.3 Å². The highest BCUT2D eigenvalue weighted by Gasteiger charge is 2.23. The van der Waals surface area contributed by atoms with Gasteiger partial charge in [0.1, 0.15) is 0 Å². The molecule has 0 aromatic rings. The second kappa shape index (κ2) is 5.98. The Labute approximate surface area is 85.4 Å². The number of carbonyl (C=O) groups is 1. The van der Waals surface area contributed by atoms with E-state index in [0.29, 0.717) is 19.2 Å². The fourth-order valence-electron chi connectivity index (χ4n) is 1.74. The first-order valence-corrected chi connectivity index (χ1v) is 5.26. The van der Waals surface area contributed by atoms with Crippen LogP contribution in [0.1, 0.15) is 26.2 Å². The summed E-state index contributed by atoms with van der Waals surface area (Å²) in [4.78, 5) is 11.6. The van der Waals surface area contributed by atoms with Gasteiger partial charge in [-0.05, 0) is 26.2 Å². The van der Waals surface area contributed by atoms with Crippen molar-refractivity contribution < 1.29 is 9.53 Å². The van der Waals surface area contributed by atoms with E-state index in [9.17, 15) is 4.79 Å². The van der Waals surface area contributed by atoms with Crippen molar-refractivity contribution in [3.8, 4) is 0 Å². The van der Waals surface area contributed by atoms with Gasteiger partial charge in [-0.25, -0.2) is 0 Å². The van der Waals surface area contributed by atoms with Gasteiger partial charge < -0.3 is 15.4 Å². The van der Waals surface area contributed by atoms with Crippen LogP contribution >= 0.6 is 0 Å². The lowest BCUT2D eigenvalue weighted by atomic mass is 9.99. The summed E-state index contributed by atoms with van der Waals surface area (Å²) in [6.07, 6.45) is 3.25. The van der Waals surface area contributed by atoms with Gasteiger partial charge in [-0.3, -0.25) is 4.79 Å². The summed E-state index contributed by atoms with van der Waals surface area (Å²) in [7, 11) is 1.63. The molecule has 0 aromatic heterocycles. The maximum atomic E-state index is 11.6. The zero-order valence-electron chi connectivity index (χ0n) is 9.01. The molecule has 4 heteroatoms. The molecule has 0 spiro atoms. The zero-order valence-corrected chi connectivity index (χ0v) is 9.01. The third-order valence-electron chi connectivity index (χ3n) is 2.54. The largest absolute Gasteiger partial charge is 0.383 e. The molecule has 0 radical (unpaired) electrons. The molecule has 1 amide bonds. The minimum atomic E-state index is -0.00407. The zero-order chi connectivity index (χ0) is 10.4. The number of ether oxygens (including phenoxy) is 1. The first kappa shape index (κ1) is 11.5. The number of carbonyl (C=O) groups excluding carboxylic acids is 1. The molecule has 1 rings (SSSR count). The minimum Gasteiger partial charge on any atom is -0.383 e. The molecule has 0 saturated carbocycles. The molecule has 2 atom stereocenters. The highest BCUT2D eigenvalue weighted by atomic mass is 16.5. The number of hydrogen-bond donors (Lipinski definition) is 2. The lowest BCUT2D eigenvalue weighted by molar-refractivity contribution is -0.124. The Bertz CT molecular complexity index is 185. The topological polar surface area (TPSA) is 50.4 Å². The predicted molar refractivity (Wildman–Crippen MR) is 55.1 cm³/mol. The Morgan fingerprint density at radius 1 is 1.57 bits per heavy atom. The molecule has 4 nitrogen and oxygen atoms in total. The summed E-state index contributed by atoms with van der Waals surface area (Å²) in [6, 6.07) is 0.456. The van der Waals surface area contributed by atoms with Crippen molar-refractivity contribution in [1.29, 1.82) is 0 Å². The Morgan fingerprint density at radius 3 is 3.00 bits per heavy atom. The van der Waals surface area contributed by atoms with Crippen LogP contribution in [-0.4, -0.2) is 38.3 Å². The Balaban J connectivity index is 2.22. The van der Waals surface area contributed by atoms with Gasteiger partial charge in [0.2, 0.25) is 5.91 Å². The van der Waals surface area contributed by atoms with Gasteiger partial charge in [0.05, 0.1) is 12.6 Å². The van der Waals surface area contributed by atoms with E-state index in [-0.39, 0.29) is 11.9 Å². The van der Waals surface area contributed by atoms with Crippen LogP contribution in [0.4, 0.5) is 0 Å². The van der Waals surface area contributed by atoms with E-state index in [4.69, 9.17) is 4.74 Å². The monoisotopic (exact) mass is 200 g/mol. The van der Waals surface area contributed by atoms with Crippen LogP contribution in [0.25, 0.3) is 0 Å². The summed E-state index contributed by atoms with van der Waals surface area (Å²) in [6.45, 7) is 3.30. The van der Waals surface area contributed by atoms with E-state index in [0.717, 1.165) is 12.8 Å². The molecule has 1 saturated heterocycles. The number of nitrogens with one attached hydrogen (secondary N) is 2. The molecular weight excluding hydrogens is 180 g/mol. The highest BCUT2D eigenvalue weighted by molar-refractivity contribution is 5.81. The molecule has 1 fully saturated rings. The normalized spacial score (nSPS) is 27.3. The van der Waals surface area contributed by atoms with Crippen LogP contribution in [-0.2, 0) is 9.53 Å². The number of methoxy groups -OCH3 is 1. The van der Waals surface area contributed by atoms with Gasteiger partial charge in [-0.2, -0.15) is 0 Å². The molecule has 2 unspecified atom stereocenters. The molecule has 1 aliphatic heterocycles. The molecule has 2 N–H and O–H groups in total. The summed E-state index contributed by atoms with van der Waals surface area (Å²) >= 11 is 0. The van der Waals surface area contributed by atoms with Gasteiger partial charge >= 0.3 is 0 Å². The first-order valence-electron chi connectivity index (χ1n) is 5.26. The lowest BCUT2D eigenvalue weighted by Gasteiger charge is -2.27. The third-order valence-corrected chi connectivity index (χ3v) is 2.54. The maximum Gasteiger partial charge on any atom is 0.237 e. The Hall–Kier alpha value is -0.610. The minimum absolute atomic E-state index is 0.00407. The van der Waals surface area contributed by atoms with Crippen molar-refractivity contribution in [2.24, 2.45) is 0 Å². The van der Waals surface area contributed by atoms with Gasteiger partial charge in [-0.15, -0.1) is 0 Å². The van der Waals surface area contributed by atoms with E-state index in [1.165, 1.54) is 6.42 Å². The maximum absolute atomic E-state index is 11.6. The molecule has 82 valence electrons.